The van der Waals surface area contributed by atoms with Crippen LogP contribution in [0.2, 0.25) is 0 Å². The number of nitrogens with two attached hydrogens (primary N) is 2. The summed E-state index contributed by atoms with van der Waals surface area (Å²) in [5.41, 5.74) is 9.78. The molecule has 0 rings (SSSR count). The molecule has 0 bridgehead atoms. The summed E-state index contributed by atoms with van der Waals surface area (Å²) in [6.45, 7) is 0.333. The first-order valence-electron chi connectivity index (χ1n) is 1.84. The zero-order valence-electron chi connectivity index (χ0n) is 3.89. The predicted molar refractivity (Wildman–Crippen MR) is 29.5 cm³/mol. The van der Waals surface area contributed by atoms with Gasteiger partial charge in [-0.25, -0.2) is 4.99 Å². The fourth-order valence-electron chi connectivity index (χ4n) is 0.151. The summed E-state index contributed by atoms with van der Waals surface area (Å²) in [7, 11) is 0. The molecule has 0 saturated heterocycles. The van der Waals surface area contributed by atoms with E-state index < -0.39 is 0 Å². The van der Waals surface area contributed by atoms with Crippen molar-refractivity contribution in [1.29, 1.82) is 5.41 Å². The Morgan fingerprint density at radius 3 is 2.57 bits per heavy atom. The zero-order valence-corrected chi connectivity index (χ0v) is 3.89. The van der Waals surface area contributed by atoms with Gasteiger partial charge in [-0.2, -0.15) is 0 Å². The van der Waals surface area contributed by atoms with Crippen LogP contribution in [0.1, 0.15) is 0 Å². The highest BCUT2D eigenvalue weighted by Crippen LogP contribution is 1.55. The van der Waals surface area contributed by atoms with Gasteiger partial charge in [-0.1, -0.05) is 0 Å². The highest BCUT2D eigenvalue weighted by Gasteiger charge is 1.71. The average molecular weight is 100 g/mol. The maximum atomic E-state index is 6.52. The number of hydrogen-bond acceptors (Lipinski definition) is 2. The first-order valence-corrected chi connectivity index (χ1v) is 1.84. The van der Waals surface area contributed by atoms with E-state index in [1.54, 1.807) is 0 Å². The molecule has 7 heavy (non-hydrogen) atoms. The molecule has 4 nitrogen and oxygen atoms in total. The van der Waals surface area contributed by atoms with Crippen LogP contribution in [-0.2, 0) is 0 Å². The van der Waals surface area contributed by atoms with Crippen molar-refractivity contribution in [3.63, 3.8) is 0 Å². The van der Waals surface area contributed by atoms with Crippen LogP contribution in [0.5, 0.6) is 0 Å². The molecule has 0 saturated carbocycles. The third-order valence-corrected chi connectivity index (χ3v) is 0.336. The number of aliphatic imine (C=N–C) groups is 1. The minimum atomic E-state index is -0.203. The van der Waals surface area contributed by atoms with Crippen LogP contribution in [0.4, 0.5) is 0 Å². The molecule has 0 radical (unpaired) electrons. The van der Waals surface area contributed by atoms with Crippen molar-refractivity contribution in [3.8, 4) is 0 Å². The summed E-state index contributed by atoms with van der Waals surface area (Å²) < 4.78 is 0. The second-order valence-corrected chi connectivity index (χ2v) is 0.933. The lowest BCUT2D eigenvalue weighted by atomic mass is 10.7. The maximum absolute atomic E-state index is 6.52. The van der Waals surface area contributed by atoms with E-state index in [-0.39, 0.29) is 5.96 Å². The van der Waals surface area contributed by atoms with Crippen molar-refractivity contribution in [2.45, 2.75) is 0 Å². The van der Waals surface area contributed by atoms with Crippen molar-refractivity contribution in [2.75, 3.05) is 6.54 Å². The second kappa shape index (κ2) is 3.30. The fourth-order valence-corrected chi connectivity index (χ4v) is 0.151. The Bertz CT molecular complexity index is 84.9. The number of rotatable bonds is 1. The van der Waals surface area contributed by atoms with E-state index in [1.807, 2.05) is 0 Å². The lowest BCUT2D eigenvalue weighted by Crippen LogP contribution is -2.08. The van der Waals surface area contributed by atoms with Gasteiger partial charge in [0.2, 0.25) is 5.96 Å². The van der Waals surface area contributed by atoms with E-state index in [0.717, 1.165) is 0 Å². The molecular formula is C3H8N4. The van der Waals surface area contributed by atoms with Crippen LogP contribution < -0.4 is 11.5 Å². The molecule has 0 heterocycles. The smallest absolute Gasteiger partial charge is 0.212 e. The Morgan fingerprint density at radius 2 is 2.43 bits per heavy atom. The second-order valence-electron chi connectivity index (χ2n) is 0.933. The fraction of sp³-hybridized carbons (Fsp3) is 0.333. The van der Waals surface area contributed by atoms with E-state index in [0.29, 0.717) is 6.54 Å². The monoisotopic (exact) mass is 100 g/mol. The molecule has 0 aliphatic carbocycles. The van der Waals surface area contributed by atoms with Crippen LogP contribution in [0, 0.1) is 5.41 Å². The molecule has 0 unspecified atom stereocenters. The third kappa shape index (κ3) is 5.10. The third-order valence-electron chi connectivity index (χ3n) is 0.336. The van der Waals surface area contributed by atoms with Crippen molar-refractivity contribution >= 4 is 12.2 Å². The van der Waals surface area contributed by atoms with Gasteiger partial charge in [0.1, 0.15) is 0 Å². The van der Waals surface area contributed by atoms with Gasteiger partial charge < -0.3 is 11.5 Å². The number of nitrogens with zero attached hydrogens (tertiary/aromatic N) is 1. The van der Waals surface area contributed by atoms with Crippen molar-refractivity contribution in [2.24, 2.45) is 16.5 Å². The van der Waals surface area contributed by atoms with Gasteiger partial charge in [-0.3, -0.25) is 5.41 Å². The lowest BCUT2D eigenvalue weighted by molar-refractivity contribution is 1.31. The first kappa shape index (κ1) is 6.10. The highest BCUT2D eigenvalue weighted by molar-refractivity contribution is 5.84. The summed E-state index contributed by atoms with van der Waals surface area (Å²) in [5, 5.41) is 6.52. The van der Waals surface area contributed by atoms with Crippen molar-refractivity contribution in [1.82, 2.24) is 0 Å². The summed E-state index contributed by atoms with van der Waals surface area (Å²) >= 11 is 0. The first-order chi connectivity index (χ1) is 3.27. The molecule has 0 atom stereocenters. The van der Waals surface area contributed by atoms with Gasteiger partial charge >= 0.3 is 0 Å². The molecule has 0 aromatic heterocycles. The van der Waals surface area contributed by atoms with E-state index in [1.165, 1.54) is 6.21 Å². The van der Waals surface area contributed by atoms with E-state index >= 15 is 0 Å². The molecule has 0 aromatic carbocycles. The summed E-state index contributed by atoms with van der Waals surface area (Å²) in [6.07, 6.45) is 1.38. The van der Waals surface area contributed by atoms with Gasteiger partial charge in [-0.15, -0.1) is 0 Å². The minimum Gasteiger partial charge on any atom is -0.368 e. The molecule has 4 heteroatoms. The van der Waals surface area contributed by atoms with E-state index in [4.69, 9.17) is 16.9 Å². The molecule has 0 aliphatic heterocycles. The van der Waals surface area contributed by atoms with Gasteiger partial charge in [-0.05, 0) is 0 Å². The lowest BCUT2D eigenvalue weighted by Gasteiger charge is -1.79. The molecule has 0 aliphatic rings. The van der Waals surface area contributed by atoms with Gasteiger partial charge in [0, 0.05) is 12.8 Å². The average Bonchev–Trinajstić information content (AvgIpc) is 1.61. The maximum Gasteiger partial charge on any atom is 0.212 e. The SMILES string of the molecule is N=C(N)N=CCN. The quantitative estimate of drug-likeness (QED) is 0.289. The Labute approximate surface area is 41.7 Å². The molecule has 40 valence electrons. The van der Waals surface area contributed by atoms with E-state index in [2.05, 4.69) is 4.99 Å². The largest absolute Gasteiger partial charge is 0.368 e. The standard InChI is InChI=1S/C3H8N4/c4-1-2-7-3(5)6/h2H,1,4H2,(H3,5,6). The summed E-state index contributed by atoms with van der Waals surface area (Å²) in [4.78, 5) is 3.35. The van der Waals surface area contributed by atoms with E-state index in [9.17, 15) is 0 Å². The van der Waals surface area contributed by atoms with Crippen LogP contribution in [0.3, 0.4) is 0 Å². The van der Waals surface area contributed by atoms with Gasteiger partial charge in [0.15, 0.2) is 0 Å². The Kier molecular flexibility index (Phi) is 2.87. The molecule has 0 fully saturated rings. The molecule has 0 amide bonds. The predicted octanol–water partition coefficient (Wildman–Crippen LogP) is -1.09. The summed E-state index contributed by atoms with van der Waals surface area (Å²) in [5.74, 6) is -0.203. The van der Waals surface area contributed by atoms with Crippen LogP contribution in [0.25, 0.3) is 0 Å². The highest BCUT2D eigenvalue weighted by atomic mass is 15.0. The molecular weight excluding hydrogens is 92.1 g/mol. The number of hydrogen-bond donors (Lipinski definition) is 3. The van der Waals surface area contributed by atoms with Gasteiger partial charge in [0.05, 0.1) is 0 Å². The molecule has 0 aromatic rings. The summed E-state index contributed by atoms with van der Waals surface area (Å²) in [6, 6.07) is 0. The molecule has 5 N–H and O–H groups in total. The minimum absolute atomic E-state index is 0.203. The van der Waals surface area contributed by atoms with Crippen LogP contribution in [0.15, 0.2) is 4.99 Å². The van der Waals surface area contributed by atoms with Crippen molar-refractivity contribution < 1.29 is 0 Å². The topological polar surface area (TPSA) is 88.2 Å². The van der Waals surface area contributed by atoms with Crippen LogP contribution >= 0.6 is 0 Å². The Morgan fingerprint density at radius 1 is 1.86 bits per heavy atom. The van der Waals surface area contributed by atoms with Gasteiger partial charge in [0.25, 0.3) is 0 Å². The van der Waals surface area contributed by atoms with Crippen LogP contribution in [-0.4, -0.2) is 18.7 Å². The van der Waals surface area contributed by atoms with Crippen molar-refractivity contribution in [3.05, 3.63) is 0 Å². The normalized spacial score (nSPS) is 9.86. The Balaban J connectivity index is 3.26. The zero-order chi connectivity index (χ0) is 5.70. The number of guanidine groups is 1. The Hall–Kier alpha value is -0.900. The molecule has 0 spiro atoms. The number of nitrogens with one attached hydrogen (secondary N) is 1.